The van der Waals surface area contributed by atoms with Crippen molar-refractivity contribution in [1.82, 2.24) is 9.88 Å². The Morgan fingerprint density at radius 2 is 1.97 bits per heavy atom. The number of carbonyl (C=O) groups excluding carboxylic acids is 1. The Hall–Kier alpha value is -1.66. The summed E-state index contributed by atoms with van der Waals surface area (Å²) in [6, 6.07) is 5.97. The summed E-state index contributed by atoms with van der Waals surface area (Å²) in [6.07, 6.45) is 11.6. The minimum absolute atomic E-state index is 0.00400. The molecule has 6 nitrogen and oxygen atoms in total. The van der Waals surface area contributed by atoms with Crippen LogP contribution < -0.4 is 0 Å². The van der Waals surface area contributed by atoms with Gasteiger partial charge in [0.15, 0.2) is 0 Å². The van der Waals surface area contributed by atoms with Crippen LogP contribution in [0.25, 0.3) is 0 Å². The first kappa shape index (κ1) is 26.0. The van der Waals surface area contributed by atoms with Gasteiger partial charge < -0.3 is 14.2 Å². The van der Waals surface area contributed by atoms with Crippen molar-refractivity contribution in [3.8, 4) is 0 Å². The molecule has 3 rings (SSSR count). The largest absolute Gasteiger partial charge is 0.444 e. The van der Waals surface area contributed by atoms with Crippen LogP contribution in [0.4, 0.5) is 4.79 Å². The lowest BCUT2D eigenvalue weighted by Gasteiger charge is -2.37. The second kappa shape index (κ2) is 11.2. The number of aromatic nitrogens is 1. The van der Waals surface area contributed by atoms with E-state index in [-0.39, 0.29) is 24.3 Å². The van der Waals surface area contributed by atoms with E-state index in [1.807, 2.05) is 63.9 Å². The zero-order valence-electron chi connectivity index (χ0n) is 21.5. The highest BCUT2D eigenvalue weighted by Gasteiger charge is 2.51. The molecular formula is C27H44N2O4. The fraction of sp³-hybridized carbons (Fsp3) is 0.778. The van der Waals surface area contributed by atoms with Crippen LogP contribution in [-0.2, 0) is 14.2 Å². The molecule has 6 heteroatoms. The maximum Gasteiger partial charge on any atom is 0.412 e. The molecule has 2 heterocycles. The van der Waals surface area contributed by atoms with Gasteiger partial charge in [0.2, 0.25) is 0 Å². The summed E-state index contributed by atoms with van der Waals surface area (Å²) < 4.78 is 18.1. The summed E-state index contributed by atoms with van der Waals surface area (Å²) >= 11 is 0. The third-order valence-corrected chi connectivity index (χ3v) is 6.93. The van der Waals surface area contributed by atoms with Gasteiger partial charge in [0, 0.05) is 13.3 Å². The molecule has 0 bridgehead atoms. The van der Waals surface area contributed by atoms with Crippen molar-refractivity contribution in [3.05, 3.63) is 30.1 Å². The maximum absolute atomic E-state index is 13.3. The Bertz CT molecular complexity index is 740. The zero-order valence-corrected chi connectivity index (χ0v) is 21.5. The van der Waals surface area contributed by atoms with Gasteiger partial charge in [0.05, 0.1) is 23.9 Å². The quantitative estimate of drug-likeness (QED) is 0.434. The molecule has 33 heavy (non-hydrogen) atoms. The van der Waals surface area contributed by atoms with E-state index in [9.17, 15) is 4.79 Å². The minimum Gasteiger partial charge on any atom is -0.444 e. The third-order valence-electron chi connectivity index (χ3n) is 6.93. The van der Waals surface area contributed by atoms with Crippen molar-refractivity contribution < 1.29 is 19.0 Å². The standard InChI is InChI=1S/C27H44N2O4/c1-26(2,3)33-25(30)29-22(19-20-13-8-7-9-14-20)24(32-27(29,4)5)17-12-16-23(31-6)21-15-10-11-18-28-21/h10-11,15,18,20,22-24H,7-9,12-14,16-17,19H2,1-6H3/t22?,23-,24?/m0/s1. The van der Waals surface area contributed by atoms with Crippen LogP contribution in [0.3, 0.4) is 0 Å². The molecule has 1 amide bonds. The molecule has 3 atom stereocenters. The molecule has 1 aromatic rings. The van der Waals surface area contributed by atoms with Crippen molar-refractivity contribution in [1.29, 1.82) is 0 Å². The van der Waals surface area contributed by atoms with Crippen molar-refractivity contribution in [3.63, 3.8) is 0 Å². The summed E-state index contributed by atoms with van der Waals surface area (Å²) in [5.41, 5.74) is -0.259. The highest BCUT2D eigenvalue weighted by molar-refractivity contribution is 5.70. The lowest BCUT2D eigenvalue weighted by Crippen LogP contribution is -2.50. The topological polar surface area (TPSA) is 60.9 Å². The van der Waals surface area contributed by atoms with E-state index < -0.39 is 11.3 Å². The number of ether oxygens (including phenoxy) is 3. The fourth-order valence-corrected chi connectivity index (χ4v) is 5.47. The van der Waals surface area contributed by atoms with Gasteiger partial charge in [-0.25, -0.2) is 4.79 Å². The molecule has 1 aromatic heterocycles. The molecule has 1 saturated heterocycles. The summed E-state index contributed by atoms with van der Waals surface area (Å²) in [5, 5.41) is 0. The van der Waals surface area contributed by atoms with Crippen LogP contribution in [-0.4, -0.2) is 46.6 Å². The first-order valence-corrected chi connectivity index (χ1v) is 12.7. The Labute approximate surface area is 200 Å². The van der Waals surface area contributed by atoms with Crippen molar-refractivity contribution in [2.75, 3.05) is 7.11 Å². The van der Waals surface area contributed by atoms with Crippen LogP contribution >= 0.6 is 0 Å². The molecule has 1 saturated carbocycles. The van der Waals surface area contributed by atoms with Gasteiger partial charge in [-0.3, -0.25) is 9.88 Å². The predicted molar refractivity (Wildman–Crippen MR) is 130 cm³/mol. The molecule has 2 fully saturated rings. The lowest BCUT2D eigenvalue weighted by atomic mass is 9.83. The summed E-state index contributed by atoms with van der Waals surface area (Å²) in [7, 11) is 1.74. The average molecular weight is 461 g/mol. The second-order valence-electron chi connectivity index (χ2n) is 11.2. The third kappa shape index (κ3) is 7.16. The highest BCUT2D eigenvalue weighted by atomic mass is 16.6. The molecule has 2 aliphatic rings. The van der Waals surface area contributed by atoms with Gasteiger partial charge >= 0.3 is 6.09 Å². The molecular weight excluding hydrogens is 416 g/mol. The van der Waals surface area contributed by atoms with E-state index in [1.165, 1.54) is 32.1 Å². The van der Waals surface area contributed by atoms with E-state index in [0.29, 0.717) is 5.92 Å². The van der Waals surface area contributed by atoms with Crippen LogP contribution in [0.15, 0.2) is 24.4 Å². The molecule has 2 unspecified atom stereocenters. The number of pyridine rings is 1. The van der Waals surface area contributed by atoms with Crippen LogP contribution in [0.5, 0.6) is 0 Å². The Morgan fingerprint density at radius 3 is 2.58 bits per heavy atom. The first-order chi connectivity index (χ1) is 15.6. The normalized spacial score (nSPS) is 24.6. The summed E-state index contributed by atoms with van der Waals surface area (Å²) in [6.45, 7) is 9.76. The molecule has 0 aromatic carbocycles. The number of methoxy groups -OCH3 is 1. The van der Waals surface area contributed by atoms with Crippen molar-refractivity contribution >= 4 is 6.09 Å². The van der Waals surface area contributed by atoms with E-state index in [4.69, 9.17) is 14.2 Å². The maximum atomic E-state index is 13.3. The Kier molecular flexibility index (Phi) is 8.79. The van der Waals surface area contributed by atoms with Gasteiger partial charge in [-0.1, -0.05) is 38.2 Å². The number of nitrogens with zero attached hydrogens (tertiary/aromatic N) is 2. The molecule has 1 aliphatic heterocycles. The van der Waals surface area contributed by atoms with Crippen molar-refractivity contribution in [2.45, 2.75) is 122 Å². The van der Waals surface area contributed by atoms with Crippen LogP contribution in [0.2, 0.25) is 0 Å². The van der Waals surface area contributed by atoms with Gasteiger partial charge in [0.1, 0.15) is 11.3 Å². The van der Waals surface area contributed by atoms with E-state index in [0.717, 1.165) is 31.4 Å². The number of amides is 1. The van der Waals surface area contributed by atoms with Crippen LogP contribution in [0.1, 0.15) is 104 Å². The monoisotopic (exact) mass is 460 g/mol. The van der Waals surface area contributed by atoms with Crippen molar-refractivity contribution in [2.24, 2.45) is 5.92 Å². The zero-order chi connectivity index (χ0) is 24.1. The highest BCUT2D eigenvalue weighted by Crippen LogP contribution is 2.41. The van der Waals surface area contributed by atoms with E-state index >= 15 is 0 Å². The number of rotatable bonds is 8. The second-order valence-corrected chi connectivity index (χ2v) is 11.2. The van der Waals surface area contributed by atoms with Crippen LogP contribution in [0, 0.1) is 5.92 Å². The first-order valence-electron chi connectivity index (χ1n) is 12.7. The average Bonchev–Trinajstić information content (AvgIpc) is 3.00. The summed E-state index contributed by atoms with van der Waals surface area (Å²) in [5.74, 6) is 0.647. The number of hydrogen-bond donors (Lipinski definition) is 0. The Balaban J connectivity index is 1.71. The van der Waals surface area contributed by atoms with Gasteiger partial charge in [-0.2, -0.15) is 0 Å². The minimum atomic E-state index is -0.687. The summed E-state index contributed by atoms with van der Waals surface area (Å²) in [4.78, 5) is 19.6. The molecule has 0 radical (unpaired) electrons. The smallest absolute Gasteiger partial charge is 0.412 e. The van der Waals surface area contributed by atoms with Gasteiger partial charge in [-0.15, -0.1) is 0 Å². The molecule has 0 spiro atoms. The SMILES string of the molecule is CO[C@@H](CCCC1OC(C)(C)N(C(=O)OC(C)(C)C)C1CC1CCCCC1)c1ccccn1. The molecule has 186 valence electrons. The predicted octanol–water partition coefficient (Wildman–Crippen LogP) is 6.65. The lowest BCUT2D eigenvalue weighted by molar-refractivity contribution is -0.0805. The molecule has 0 N–H and O–H groups in total. The number of carbonyl (C=O) groups is 1. The fourth-order valence-electron chi connectivity index (χ4n) is 5.47. The number of hydrogen-bond acceptors (Lipinski definition) is 5. The van der Waals surface area contributed by atoms with E-state index in [2.05, 4.69) is 4.98 Å². The van der Waals surface area contributed by atoms with E-state index in [1.54, 1.807) is 7.11 Å². The Morgan fingerprint density at radius 1 is 1.24 bits per heavy atom. The van der Waals surface area contributed by atoms with Gasteiger partial charge in [0.25, 0.3) is 0 Å². The molecule has 1 aliphatic carbocycles. The van der Waals surface area contributed by atoms with Gasteiger partial charge in [-0.05, 0) is 78.4 Å².